The molecule has 2 spiro atoms. The third kappa shape index (κ3) is 6.08. The van der Waals surface area contributed by atoms with Crippen molar-refractivity contribution in [1.82, 2.24) is 0 Å². The van der Waals surface area contributed by atoms with Gasteiger partial charge in [0, 0.05) is 44.8 Å². The first-order valence-corrected chi connectivity index (χ1v) is 24.2. The summed E-state index contributed by atoms with van der Waals surface area (Å²) < 4.78 is 0. The van der Waals surface area contributed by atoms with Crippen molar-refractivity contribution in [2.45, 2.75) is 62.2 Å². The highest BCUT2D eigenvalue weighted by atomic mass is 15.1. The normalized spacial score (nSPS) is 15.6. The largest absolute Gasteiger partial charge is 0.310 e. The van der Waals surface area contributed by atoms with Crippen molar-refractivity contribution >= 4 is 34.1 Å². The Kier molecular flexibility index (Phi) is 9.24. The molecule has 0 amide bonds. The summed E-state index contributed by atoms with van der Waals surface area (Å²) in [5.74, 6) is 0. The summed E-state index contributed by atoms with van der Waals surface area (Å²) in [6.07, 6.45) is 10.1. The molecule has 0 aliphatic heterocycles. The van der Waals surface area contributed by atoms with E-state index in [1.54, 1.807) is 0 Å². The Hall–Kier alpha value is -7.42. The first-order valence-electron chi connectivity index (χ1n) is 24.2. The van der Waals surface area contributed by atoms with Crippen molar-refractivity contribution in [3.8, 4) is 44.5 Å². The molecule has 4 aliphatic rings. The molecule has 0 unspecified atom stereocenters. The second-order valence-corrected chi connectivity index (χ2v) is 19.1. The summed E-state index contributed by atoms with van der Waals surface area (Å²) in [6.45, 7) is 0. The number of hydrogen-bond acceptors (Lipinski definition) is 2. The number of benzene rings is 9. The molecule has 2 nitrogen and oxygen atoms in total. The molecule has 0 aromatic heterocycles. The van der Waals surface area contributed by atoms with Gasteiger partial charge < -0.3 is 9.80 Å². The predicted molar refractivity (Wildman–Crippen MR) is 276 cm³/mol. The monoisotopic (exact) mass is 848 g/mol. The second-order valence-electron chi connectivity index (χ2n) is 19.1. The molecule has 0 heterocycles. The van der Waals surface area contributed by atoms with Gasteiger partial charge in [0.2, 0.25) is 0 Å². The number of nitrogens with zero attached hydrogens (tertiary/aromatic N) is 2. The fraction of sp³-hybridized carbons (Fsp3) is 0.156. The summed E-state index contributed by atoms with van der Waals surface area (Å²) >= 11 is 0. The molecule has 2 heteroatoms. The molecule has 9 aromatic rings. The molecular weight excluding hydrogens is 797 g/mol. The Labute approximate surface area is 389 Å². The van der Waals surface area contributed by atoms with Crippen LogP contribution >= 0.6 is 0 Å². The molecule has 0 atom stereocenters. The van der Waals surface area contributed by atoms with Crippen LogP contribution in [0.5, 0.6) is 0 Å². The van der Waals surface area contributed by atoms with Crippen molar-refractivity contribution < 1.29 is 0 Å². The Morgan fingerprint density at radius 1 is 0.258 bits per heavy atom. The fourth-order valence-corrected chi connectivity index (χ4v) is 12.8. The van der Waals surface area contributed by atoms with E-state index in [0.29, 0.717) is 0 Å². The molecule has 13 rings (SSSR count). The molecule has 0 radical (unpaired) electrons. The number of para-hydroxylation sites is 2. The fourth-order valence-electron chi connectivity index (χ4n) is 12.8. The molecule has 0 N–H and O–H groups in total. The maximum absolute atomic E-state index is 2.47. The van der Waals surface area contributed by atoms with Gasteiger partial charge in [-0.05, 0) is 160 Å². The molecule has 0 bridgehead atoms. The maximum Gasteiger partial charge on any atom is 0.0540 e. The number of anilines is 6. The molecule has 66 heavy (non-hydrogen) atoms. The van der Waals surface area contributed by atoms with Crippen LogP contribution in [0, 0.1) is 0 Å². The van der Waals surface area contributed by atoms with Gasteiger partial charge in [-0.3, -0.25) is 0 Å². The molecule has 318 valence electrons. The number of fused-ring (bicyclic) bond motifs is 10. The first-order chi connectivity index (χ1) is 32.7. The Morgan fingerprint density at radius 3 is 1.21 bits per heavy atom. The lowest BCUT2D eigenvalue weighted by Crippen LogP contribution is -2.20. The van der Waals surface area contributed by atoms with Gasteiger partial charge >= 0.3 is 0 Å². The third-order valence-corrected chi connectivity index (χ3v) is 15.7. The van der Waals surface area contributed by atoms with E-state index in [9.17, 15) is 0 Å². The lowest BCUT2D eigenvalue weighted by molar-refractivity contribution is 0.550. The Balaban J connectivity index is 0.907. The highest BCUT2D eigenvalue weighted by Crippen LogP contribution is 2.59. The zero-order chi connectivity index (χ0) is 43.7. The molecule has 2 saturated carbocycles. The van der Waals surface area contributed by atoms with Crippen LogP contribution in [-0.2, 0) is 10.8 Å². The smallest absolute Gasteiger partial charge is 0.0540 e. The van der Waals surface area contributed by atoms with E-state index in [2.05, 4.69) is 228 Å². The van der Waals surface area contributed by atoms with Crippen molar-refractivity contribution in [2.75, 3.05) is 9.80 Å². The molecule has 0 saturated heterocycles. The molecule has 9 aromatic carbocycles. The van der Waals surface area contributed by atoms with Gasteiger partial charge in [0.25, 0.3) is 0 Å². The van der Waals surface area contributed by atoms with Crippen LogP contribution < -0.4 is 9.80 Å². The summed E-state index contributed by atoms with van der Waals surface area (Å²) in [7, 11) is 0. The van der Waals surface area contributed by atoms with Crippen LogP contribution in [0.3, 0.4) is 0 Å². The van der Waals surface area contributed by atoms with Crippen LogP contribution in [0.1, 0.15) is 73.6 Å². The van der Waals surface area contributed by atoms with Gasteiger partial charge in [-0.1, -0.05) is 171 Å². The topological polar surface area (TPSA) is 6.48 Å². The van der Waals surface area contributed by atoms with Crippen LogP contribution in [0.2, 0.25) is 0 Å². The zero-order valence-corrected chi connectivity index (χ0v) is 37.3. The van der Waals surface area contributed by atoms with Crippen LogP contribution in [0.15, 0.2) is 218 Å². The van der Waals surface area contributed by atoms with Crippen LogP contribution in [-0.4, -0.2) is 0 Å². The lowest BCUT2D eigenvalue weighted by Gasteiger charge is -2.30. The Bertz CT molecular complexity index is 3250. The van der Waals surface area contributed by atoms with Gasteiger partial charge in [0.05, 0.1) is 5.69 Å². The van der Waals surface area contributed by atoms with E-state index in [4.69, 9.17) is 0 Å². The summed E-state index contributed by atoms with van der Waals surface area (Å²) in [4.78, 5) is 4.89. The average Bonchev–Trinajstić information content (AvgIpc) is 4.20. The van der Waals surface area contributed by atoms with Crippen molar-refractivity contribution in [2.24, 2.45) is 0 Å². The van der Waals surface area contributed by atoms with Crippen molar-refractivity contribution in [3.63, 3.8) is 0 Å². The van der Waals surface area contributed by atoms with E-state index in [1.165, 1.54) is 130 Å². The van der Waals surface area contributed by atoms with E-state index in [1.807, 2.05) is 0 Å². The summed E-state index contributed by atoms with van der Waals surface area (Å²) in [6, 6.07) is 81.9. The predicted octanol–water partition coefficient (Wildman–Crippen LogP) is 17.6. The lowest BCUT2D eigenvalue weighted by atomic mass is 9.77. The minimum atomic E-state index is 0.137. The molecular formula is C64H52N2. The second kappa shape index (κ2) is 15.6. The highest BCUT2D eigenvalue weighted by Gasteiger charge is 2.46. The van der Waals surface area contributed by atoms with Crippen molar-refractivity contribution in [1.29, 1.82) is 0 Å². The highest BCUT2D eigenvalue weighted by molar-refractivity contribution is 5.94. The van der Waals surface area contributed by atoms with Gasteiger partial charge in [-0.25, -0.2) is 0 Å². The number of rotatable bonds is 8. The van der Waals surface area contributed by atoms with Crippen molar-refractivity contribution in [3.05, 3.63) is 241 Å². The van der Waals surface area contributed by atoms with E-state index in [0.717, 1.165) is 22.7 Å². The zero-order valence-electron chi connectivity index (χ0n) is 37.3. The average molecular weight is 849 g/mol. The van der Waals surface area contributed by atoms with E-state index in [-0.39, 0.29) is 10.8 Å². The van der Waals surface area contributed by atoms with E-state index < -0.39 is 0 Å². The molecule has 4 aliphatic carbocycles. The quantitative estimate of drug-likeness (QED) is 0.150. The maximum atomic E-state index is 2.47. The minimum absolute atomic E-state index is 0.137. The summed E-state index contributed by atoms with van der Waals surface area (Å²) in [5, 5.41) is 0. The SMILES string of the molecule is c1ccc(-c2cc(-c3ccc(N(c4ccccc4)c4ccc5c(c4)-c4ccccc4C54CCCC4)cc3)ccc2N(c2ccccc2)c2ccc3c(c2)-c2ccccc2C32CCCC2)cc1. The number of hydrogen-bond donors (Lipinski definition) is 0. The standard InChI is InChI=1S/C64H52N2/c1-4-18-46(19-5-1)55-42-47(30-37-62(55)66(49-22-8-3-9-23-49)52-34-36-61-57(44-52)54-25-11-13-27-59(54)64(61)40-16-17-41-64)45-28-31-50(32-29-45)65(48-20-6-2-7-21-48)51-33-35-60-56(43-51)53-24-10-12-26-58(53)63(60)38-14-15-39-63/h1-13,18-37,42-44H,14-17,38-41H2. The van der Waals surface area contributed by atoms with Crippen LogP contribution in [0.4, 0.5) is 34.1 Å². The first kappa shape index (κ1) is 39.0. The van der Waals surface area contributed by atoms with Gasteiger partial charge in [-0.15, -0.1) is 0 Å². The van der Waals surface area contributed by atoms with Gasteiger partial charge in [0.1, 0.15) is 0 Å². The Morgan fingerprint density at radius 2 is 0.667 bits per heavy atom. The third-order valence-electron chi connectivity index (χ3n) is 15.7. The van der Waals surface area contributed by atoms with Gasteiger partial charge in [0.15, 0.2) is 0 Å². The summed E-state index contributed by atoms with van der Waals surface area (Å²) in [5.41, 5.74) is 23.6. The van der Waals surface area contributed by atoms with E-state index >= 15 is 0 Å². The minimum Gasteiger partial charge on any atom is -0.310 e. The molecule has 2 fully saturated rings. The van der Waals surface area contributed by atoms with Crippen LogP contribution in [0.25, 0.3) is 44.5 Å². The van der Waals surface area contributed by atoms with Gasteiger partial charge in [-0.2, -0.15) is 0 Å².